The van der Waals surface area contributed by atoms with Gasteiger partial charge >= 0.3 is 0 Å². The molecule has 28 heavy (non-hydrogen) atoms. The first kappa shape index (κ1) is 19.0. The Labute approximate surface area is 168 Å². The van der Waals surface area contributed by atoms with Gasteiger partial charge in [0.25, 0.3) is 0 Å². The standard InChI is InChI=1S/C20H24N4O3S/c1-13(2)23(11-16-21-22-18(27-16)14-7-5-4-6-8-14)19(26)15-12-28-20(3)10-9-17(25)24(15)20/h4-8,13,15H,9-12H2,1-3H3. The number of fused-ring (bicyclic) bond motifs is 1. The van der Waals surface area contributed by atoms with Gasteiger partial charge in [-0.3, -0.25) is 9.59 Å². The molecule has 0 radical (unpaired) electrons. The van der Waals surface area contributed by atoms with E-state index >= 15 is 0 Å². The topological polar surface area (TPSA) is 79.5 Å². The van der Waals surface area contributed by atoms with Crippen molar-refractivity contribution in [3.63, 3.8) is 0 Å². The van der Waals surface area contributed by atoms with Gasteiger partial charge in [-0.25, -0.2) is 0 Å². The number of rotatable bonds is 5. The van der Waals surface area contributed by atoms with Crippen LogP contribution in [0, 0.1) is 0 Å². The SMILES string of the molecule is CC(C)N(Cc1nnc(-c2ccccc2)o1)C(=O)C1CSC2(C)CCC(=O)N12. The normalized spacial score (nSPS) is 24.1. The van der Waals surface area contributed by atoms with Crippen molar-refractivity contribution in [2.45, 2.75) is 57.1 Å². The lowest BCUT2D eigenvalue weighted by molar-refractivity contribution is -0.145. The van der Waals surface area contributed by atoms with Gasteiger partial charge in [-0.2, -0.15) is 0 Å². The van der Waals surface area contributed by atoms with Crippen LogP contribution in [-0.4, -0.2) is 54.5 Å². The molecule has 2 amide bonds. The summed E-state index contributed by atoms with van der Waals surface area (Å²) in [6.45, 7) is 6.20. The van der Waals surface area contributed by atoms with Gasteiger partial charge in [0.1, 0.15) is 6.04 Å². The third-order valence-electron chi connectivity index (χ3n) is 5.43. The van der Waals surface area contributed by atoms with Gasteiger partial charge in [0.15, 0.2) is 0 Å². The molecule has 2 aliphatic heterocycles. The predicted octanol–water partition coefficient (Wildman–Crippen LogP) is 2.93. The van der Waals surface area contributed by atoms with E-state index in [0.29, 0.717) is 24.0 Å². The molecule has 7 nitrogen and oxygen atoms in total. The monoisotopic (exact) mass is 400 g/mol. The molecule has 0 aliphatic carbocycles. The summed E-state index contributed by atoms with van der Waals surface area (Å²) < 4.78 is 5.79. The van der Waals surface area contributed by atoms with Gasteiger partial charge in [0.2, 0.25) is 23.6 Å². The van der Waals surface area contributed by atoms with Crippen molar-refractivity contribution < 1.29 is 14.0 Å². The molecule has 4 rings (SSSR count). The Morgan fingerprint density at radius 1 is 1.36 bits per heavy atom. The molecule has 3 heterocycles. The average molecular weight is 401 g/mol. The first-order valence-corrected chi connectivity index (χ1v) is 10.5. The quantitative estimate of drug-likeness (QED) is 0.768. The van der Waals surface area contributed by atoms with Crippen molar-refractivity contribution in [3.05, 3.63) is 36.2 Å². The number of carbonyl (C=O) groups excluding carboxylic acids is 2. The van der Waals surface area contributed by atoms with Gasteiger partial charge in [-0.05, 0) is 39.3 Å². The van der Waals surface area contributed by atoms with E-state index in [0.717, 1.165) is 12.0 Å². The molecular formula is C20H24N4O3S. The van der Waals surface area contributed by atoms with Crippen LogP contribution in [0.1, 0.15) is 39.5 Å². The highest BCUT2D eigenvalue weighted by Gasteiger charge is 2.53. The van der Waals surface area contributed by atoms with Crippen LogP contribution in [-0.2, 0) is 16.1 Å². The van der Waals surface area contributed by atoms with Crippen LogP contribution >= 0.6 is 11.8 Å². The van der Waals surface area contributed by atoms with Gasteiger partial charge < -0.3 is 14.2 Å². The molecule has 148 valence electrons. The van der Waals surface area contributed by atoms with Crippen LogP contribution in [0.2, 0.25) is 0 Å². The third-order valence-corrected chi connectivity index (χ3v) is 6.93. The summed E-state index contributed by atoms with van der Waals surface area (Å²) >= 11 is 1.70. The molecule has 2 fully saturated rings. The number of amides is 2. The van der Waals surface area contributed by atoms with Crippen LogP contribution in [0.5, 0.6) is 0 Å². The van der Waals surface area contributed by atoms with Crippen molar-refractivity contribution >= 4 is 23.6 Å². The second-order valence-corrected chi connectivity index (χ2v) is 9.19. The number of benzene rings is 1. The van der Waals surface area contributed by atoms with Gasteiger partial charge in [-0.15, -0.1) is 22.0 Å². The minimum absolute atomic E-state index is 0.0471. The molecule has 2 saturated heterocycles. The lowest BCUT2D eigenvalue weighted by atomic mass is 10.1. The zero-order valence-electron chi connectivity index (χ0n) is 16.3. The zero-order chi connectivity index (χ0) is 19.9. The molecule has 0 bridgehead atoms. The molecule has 0 saturated carbocycles. The van der Waals surface area contributed by atoms with Gasteiger partial charge in [0, 0.05) is 23.8 Å². The summed E-state index contributed by atoms with van der Waals surface area (Å²) in [5.41, 5.74) is 0.842. The average Bonchev–Trinajstić information content (AvgIpc) is 3.36. The van der Waals surface area contributed by atoms with Crippen LogP contribution in [0.15, 0.2) is 34.7 Å². The summed E-state index contributed by atoms with van der Waals surface area (Å²) in [5.74, 6) is 1.47. The zero-order valence-corrected chi connectivity index (χ0v) is 17.1. The van der Waals surface area contributed by atoms with Crippen molar-refractivity contribution in [2.75, 3.05) is 5.75 Å². The molecule has 0 N–H and O–H groups in total. The van der Waals surface area contributed by atoms with Crippen molar-refractivity contribution in [1.29, 1.82) is 0 Å². The molecule has 1 aromatic carbocycles. The van der Waals surface area contributed by atoms with Crippen LogP contribution in [0.4, 0.5) is 0 Å². The number of hydrogen-bond acceptors (Lipinski definition) is 6. The maximum atomic E-state index is 13.3. The van der Waals surface area contributed by atoms with Gasteiger partial charge in [-0.1, -0.05) is 18.2 Å². The highest BCUT2D eigenvalue weighted by molar-refractivity contribution is 8.01. The Balaban J connectivity index is 1.53. The van der Waals surface area contributed by atoms with Crippen molar-refractivity contribution in [1.82, 2.24) is 20.0 Å². The van der Waals surface area contributed by atoms with E-state index in [1.54, 1.807) is 21.6 Å². The van der Waals surface area contributed by atoms with E-state index in [4.69, 9.17) is 4.42 Å². The Hall–Kier alpha value is -2.35. The molecule has 8 heteroatoms. The Morgan fingerprint density at radius 2 is 2.11 bits per heavy atom. The minimum atomic E-state index is -0.427. The summed E-state index contributed by atoms with van der Waals surface area (Å²) in [4.78, 5) is 29.0. The van der Waals surface area contributed by atoms with Gasteiger partial charge in [0.05, 0.1) is 11.4 Å². The fraction of sp³-hybridized carbons (Fsp3) is 0.500. The van der Waals surface area contributed by atoms with E-state index in [2.05, 4.69) is 17.1 Å². The number of carbonyl (C=O) groups is 2. The lowest BCUT2D eigenvalue weighted by Crippen LogP contribution is -2.52. The van der Waals surface area contributed by atoms with E-state index in [1.807, 2.05) is 44.2 Å². The minimum Gasteiger partial charge on any atom is -0.419 e. The predicted molar refractivity (Wildman–Crippen MR) is 106 cm³/mol. The fourth-order valence-electron chi connectivity index (χ4n) is 3.87. The summed E-state index contributed by atoms with van der Waals surface area (Å²) in [6, 6.07) is 9.07. The highest BCUT2D eigenvalue weighted by Crippen LogP contribution is 2.47. The van der Waals surface area contributed by atoms with Crippen LogP contribution < -0.4 is 0 Å². The second kappa shape index (κ2) is 7.24. The molecule has 1 aromatic heterocycles. The highest BCUT2D eigenvalue weighted by atomic mass is 32.2. The number of aromatic nitrogens is 2. The van der Waals surface area contributed by atoms with Crippen molar-refractivity contribution in [3.8, 4) is 11.5 Å². The second-order valence-electron chi connectivity index (χ2n) is 7.69. The number of hydrogen-bond donors (Lipinski definition) is 0. The van der Waals surface area contributed by atoms with E-state index in [-0.39, 0.29) is 29.3 Å². The first-order chi connectivity index (χ1) is 13.4. The van der Waals surface area contributed by atoms with E-state index < -0.39 is 6.04 Å². The number of nitrogens with zero attached hydrogens (tertiary/aromatic N) is 4. The van der Waals surface area contributed by atoms with Crippen LogP contribution in [0.25, 0.3) is 11.5 Å². The largest absolute Gasteiger partial charge is 0.419 e. The van der Waals surface area contributed by atoms with Crippen molar-refractivity contribution in [2.24, 2.45) is 0 Å². The Kier molecular flexibility index (Phi) is 4.91. The lowest BCUT2D eigenvalue weighted by Gasteiger charge is -2.34. The van der Waals surface area contributed by atoms with E-state index in [1.165, 1.54) is 0 Å². The molecule has 2 unspecified atom stereocenters. The van der Waals surface area contributed by atoms with Crippen LogP contribution in [0.3, 0.4) is 0 Å². The molecule has 0 spiro atoms. The smallest absolute Gasteiger partial charge is 0.247 e. The Morgan fingerprint density at radius 3 is 2.82 bits per heavy atom. The summed E-state index contributed by atoms with van der Waals surface area (Å²) in [7, 11) is 0. The first-order valence-electron chi connectivity index (χ1n) is 9.53. The maximum Gasteiger partial charge on any atom is 0.247 e. The maximum absolute atomic E-state index is 13.3. The summed E-state index contributed by atoms with van der Waals surface area (Å²) in [5, 5.41) is 8.23. The fourth-order valence-corrected chi connectivity index (χ4v) is 5.29. The molecule has 2 aromatic rings. The molecule has 2 aliphatic rings. The summed E-state index contributed by atoms with van der Waals surface area (Å²) in [6.07, 6.45) is 1.31. The van der Waals surface area contributed by atoms with E-state index in [9.17, 15) is 9.59 Å². The number of thioether (sulfide) groups is 1. The third kappa shape index (κ3) is 3.30. The Bertz CT molecular complexity index is 885. The molecular weight excluding hydrogens is 376 g/mol. The molecule has 2 atom stereocenters.